The lowest BCUT2D eigenvalue weighted by atomic mass is 9.81. The molecule has 6 rings (SSSR count). The van der Waals surface area contributed by atoms with Gasteiger partial charge < -0.3 is 24.6 Å². The second-order valence-corrected chi connectivity index (χ2v) is 11.8. The summed E-state index contributed by atoms with van der Waals surface area (Å²) in [5.74, 6) is 0.116. The Labute approximate surface area is 225 Å². The predicted octanol–water partition coefficient (Wildman–Crippen LogP) is 5.89. The molecule has 0 atom stereocenters. The van der Waals surface area contributed by atoms with Crippen LogP contribution in [0.4, 0.5) is 5.69 Å². The fourth-order valence-electron chi connectivity index (χ4n) is 7.17. The standard InChI is InChI=1S/C32H41N3O3/c1-22-7-9-27-28(19-22)34(16-15-33-13-11-23(21-36)12-14-33)17-18-35-29-20-25(32(37)38)8-10-26(29)30(31(27)35)24-5-3-2-4-6-24/h7-10,19-20,23-24,36H,2-6,11-18,21H2,1H3,(H,37,38). The average molecular weight is 516 g/mol. The molecule has 2 aliphatic heterocycles. The molecule has 3 heterocycles. The van der Waals surface area contributed by atoms with E-state index in [1.54, 1.807) is 6.07 Å². The number of carboxylic acids is 1. The number of nitrogens with zero attached hydrogens (tertiary/aromatic N) is 3. The van der Waals surface area contributed by atoms with Gasteiger partial charge in [0.25, 0.3) is 0 Å². The molecule has 0 amide bonds. The molecule has 1 saturated carbocycles. The summed E-state index contributed by atoms with van der Waals surface area (Å²) in [4.78, 5) is 17.0. The summed E-state index contributed by atoms with van der Waals surface area (Å²) in [6.07, 6.45) is 8.43. The topological polar surface area (TPSA) is 68.9 Å². The van der Waals surface area contributed by atoms with Crippen molar-refractivity contribution in [2.45, 2.75) is 64.3 Å². The van der Waals surface area contributed by atoms with Crippen molar-refractivity contribution in [2.24, 2.45) is 5.92 Å². The Kier molecular flexibility index (Phi) is 7.19. The number of hydrogen-bond donors (Lipinski definition) is 2. The Balaban J connectivity index is 1.42. The Morgan fingerprint density at radius 1 is 0.921 bits per heavy atom. The number of rotatable bonds is 6. The molecule has 6 nitrogen and oxygen atoms in total. The van der Waals surface area contributed by atoms with Gasteiger partial charge in [0, 0.05) is 54.9 Å². The van der Waals surface area contributed by atoms with E-state index in [-0.39, 0.29) is 0 Å². The van der Waals surface area contributed by atoms with Crippen molar-refractivity contribution in [1.29, 1.82) is 0 Å². The smallest absolute Gasteiger partial charge is 0.335 e. The Bertz CT molecular complexity index is 1320. The monoisotopic (exact) mass is 515 g/mol. The second-order valence-electron chi connectivity index (χ2n) is 11.8. The quantitative estimate of drug-likeness (QED) is 0.429. The van der Waals surface area contributed by atoms with Crippen LogP contribution < -0.4 is 4.90 Å². The Morgan fingerprint density at radius 3 is 2.45 bits per heavy atom. The lowest BCUT2D eigenvalue weighted by Gasteiger charge is -2.33. The van der Waals surface area contributed by atoms with Crippen molar-refractivity contribution >= 4 is 22.6 Å². The molecule has 1 aliphatic carbocycles. The molecule has 0 spiro atoms. The first-order chi connectivity index (χ1) is 18.5. The lowest BCUT2D eigenvalue weighted by Crippen LogP contribution is -2.41. The molecule has 0 bridgehead atoms. The van der Waals surface area contributed by atoms with Gasteiger partial charge in [0.2, 0.25) is 0 Å². The van der Waals surface area contributed by atoms with Gasteiger partial charge in [-0.1, -0.05) is 37.5 Å². The number of aryl methyl sites for hydroxylation is 1. The summed E-state index contributed by atoms with van der Waals surface area (Å²) in [5, 5.41) is 20.5. The molecule has 3 aliphatic rings. The van der Waals surface area contributed by atoms with Crippen molar-refractivity contribution in [1.82, 2.24) is 9.47 Å². The molecule has 2 fully saturated rings. The highest BCUT2D eigenvalue weighted by atomic mass is 16.4. The number of hydrogen-bond acceptors (Lipinski definition) is 4. The van der Waals surface area contributed by atoms with Crippen molar-refractivity contribution in [3.05, 3.63) is 53.1 Å². The SMILES string of the molecule is Cc1ccc2c(c1)N(CCN1CCC(CO)CC1)CCn1c-2c(C2CCCCC2)c2ccc(C(=O)O)cc21. The van der Waals surface area contributed by atoms with E-state index < -0.39 is 5.97 Å². The van der Waals surface area contributed by atoms with Crippen LogP contribution in [0, 0.1) is 12.8 Å². The number of piperidine rings is 1. The predicted molar refractivity (Wildman–Crippen MR) is 153 cm³/mol. The zero-order valence-electron chi connectivity index (χ0n) is 22.7. The molecule has 0 radical (unpaired) electrons. The summed E-state index contributed by atoms with van der Waals surface area (Å²) >= 11 is 0. The fraction of sp³-hybridized carbons (Fsp3) is 0.531. The fourth-order valence-corrected chi connectivity index (χ4v) is 7.17. The molecule has 1 saturated heterocycles. The largest absolute Gasteiger partial charge is 0.478 e. The number of carboxylic acid groups (broad SMARTS) is 1. The van der Waals surface area contributed by atoms with Crippen LogP contribution in [0.1, 0.15) is 72.3 Å². The third-order valence-electron chi connectivity index (χ3n) is 9.36. The van der Waals surface area contributed by atoms with Gasteiger partial charge in [-0.05, 0) is 86.9 Å². The molecule has 38 heavy (non-hydrogen) atoms. The minimum Gasteiger partial charge on any atom is -0.478 e. The van der Waals surface area contributed by atoms with Crippen molar-refractivity contribution in [3.63, 3.8) is 0 Å². The number of anilines is 1. The highest BCUT2D eigenvalue weighted by Crippen LogP contribution is 2.47. The maximum atomic E-state index is 11.9. The van der Waals surface area contributed by atoms with Crippen LogP contribution in [-0.2, 0) is 6.54 Å². The van der Waals surface area contributed by atoms with Crippen LogP contribution in [0.25, 0.3) is 22.2 Å². The Hall–Kier alpha value is -2.83. The molecular formula is C32H41N3O3. The Morgan fingerprint density at radius 2 is 1.71 bits per heavy atom. The molecule has 1 aromatic heterocycles. The van der Waals surface area contributed by atoms with E-state index in [4.69, 9.17) is 0 Å². The third-order valence-corrected chi connectivity index (χ3v) is 9.36. The molecule has 202 valence electrons. The van der Waals surface area contributed by atoms with Gasteiger partial charge in [0.05, 0.1) is 11.3 Å². The number of aliphatic hydroxyl groups excluding tert-OH is 1. The van der Waals surface area contributed by atoms with Crippen LogP contribution in [0.2, 0.25) is 0 Å². The minimum atomic E-state index is -0.863. The van der Waals surface area contributed by atoms with Crippen LogP contribution in [-0.4, -0.2) is 65.0 Å². The molecule has 6 heteroatoms. The first kappa shape index (κ1) is 25.4. The van der Waals surface area contributed by atoms with Crippen LogP contribution in [0.5, 0.6) is 0 Å². The van der Waals surface area contributed by atoms with E-state index in [2.05, 4.69) is 45.6 Å². The van der Waals surface area contributed by atoms with Gasteiger partial charge in [0.15, 0.2) is 0 Å². The average Bonchev–Trinajstić information content (AvgIpc) is 3.18. The van der Waals surface area contributed by atoms with E-state index in [0.717, 1.165) is 57.6 Å². The summed E-state index contributed by atoms with van der Waals surface area (Å²) in [5.41, 5.74) is 8.07. The van der Waals surface area contributed by atoms with E-state index >= 15 is 0 Å². The zero-order valence-corrected chi connectivity index (χ0v) is 22.7. The molecule has 3 aromatic rings. The number of aliphatic hydroxyl groups is 1. The number of likely N-dealkylation sites (tertiary alicyclic amines) is 1. The lowest BCUT2D eigenvalue weighted by molar-refractivity contribution is 0.0697. The second kappa shape index (κ2) is 10.7. The highest BCUT2D eigenvalue weighted by Gasteiger charge is 2.31. The zero-order chi connectivity index (χ0) is 26.2. The number of aromatic nitrogens is 1. The van der Waals surface area contributed by atoms with Crippen LogP contribution in [0.15, 0.2) is 36.4 Å². The highest BCUT2D eigenvalue weighted by molar-refractivity contribution is 5.99. The van der Waals surface area contributed by atoms with Gasteiger partial charge in [-0.25, -0.2) is 4.79 Å². The maximum Gasteiger partial charge on any atom is 0.335 e. The summed E-state index contributed by atoms with van der Waals surface area (Å²) in [6, 6.07) is 12.7. The van der Waals surface area contributed by atoms with Gasteiger partial charge in [0.1, 0.15) is 0 Å². The first-order valence-corrected chi connectivity index (χ1v) is 14.6. The van der Waals surface area contributed by atoms with Crippen LogP contribution in [0.3, 0.4) is 0 Å². The van der Waals surface area contributed by atoms with Gasteiger partial charge >= 0.3 is 5.97 Å². The van der Waals surface area contributed by atoms with E-state index in [0.29, 0.717) is 24.0 Å². The number of carbonyl (C=O) groups is 1. The van der Waals surface area contributed by atoms with Gasteiger partial charge in [-0.15, -0.1) is 0 Å². The van der Waals surface area contributed by atoms with Crippen molar-refractivity contribution in [3.8, 4) is 11.3 Å². The third kappa shape index (κ3) is 4.73. The molecular weight excluding hydrogens is 474 g/mol. The summed E-state index contributed by atoms with van der Waals surface area (Å²) < 4.78 is 2.44. The normalized spacial score (nSPS) is 19.4. The first-order valence-electron chi connectivity index (χ1n) is 14.6. The number of aromatic carboxylic acids is 1. The number of fused-ring (bicyclic) bond motifs is 5. The maximum absolute atomic E-state index is 11.9. The van der Waals surface area contributed by atoms with Gasteiger partial charge in [-0.2, -0.15) is 0 Å². The molecule has 2 aromatic carbocycles. The van der Waals surface area contributed by atoms with Crippen molar-refractivity contribution < 1.29 is 15.0 Å². The summed E-state index contributed by atoms with van der Waals surface area (Å²) in [7, 11) is 0. The van der Waals surface area contributed by atoms with Gasteiger partial charge in [-0.3, -0.25) is 0 Å². The van der Waals surface area contributed by atoms with E-state index in [9.17, 15) is 15.0 Å². The van der Waals surface area contributed by atoms with E-state index in [1.807, 2.05) is 6.07 Å². The minimum absolute atomic E-state index is 0.311. The molecule has 2 N–H and O–H groups in total. The van der Waals surface area contributed by atoms with E-state index in [1.165, 1.54) is 65.6 Å². The summed E-state index contributed by atoms with van der Waals surface area (Å²) in [6.45, 7) is 8.37. The number of benzene rings is 2. The molecule has 0 unspecified atom stereocenters. The van der Waals surface area contributed by atoms with Crippen LogP contribution >= 0.6 is 0 Å². The van der Waals surface area contributed by atoms with Crippen molar-refractivity contribution in [2.75, 3.05) is 44.2 Å².